The van der Waals surface area contributed by atoms with Gasteiger partial charge < -0.3 is 0 Å². The topological polar surface area (TPSA) is 29.5 Å². The Morgan fingerprint density at radius 1 is 1.23 bits per heavy atom. The van der Waals surface area contributed by atoms with Crippen LogP contribution in [0.5, 0.6) is 0 Å². The normalized spacial score (nSPS) is 14.5. The zero-order valence-corrected chi connectivity index (χ0v) is 9.47. The summed E-state index contributed by atoms with van der Waals surface area (Å²) in [7, 11) is 0. The van der Waals surface area contributed by atoms with E-state index in [0.717, 1.165) is 12.8 Å². The van der Waals surface area contributed by atoms with Crippen molar-refractivity contribution in [2.45, 2.75) is 65.4 Å². The molecule has 13 heavy (non-hydrogen) atoms. The van der Waals surface area contributed by atoms with Gasteiger partial charge in [-0.15, -0.1) is 0 Å². The van der Waals surface area contributed by atoms with E-state index in [1.54, 1.807) is 0 Å². The molecular formula is C11H24O2. The molecule has 0 heterocycles. The predicted octanol–water partition coefficient (Wildman–Crippen LogP) is 3.86. The fourth-order valence-electron chi connectivity index (χ4n) is 1.76. The minimum absolute atomic E-state index is 0.386. The smallest absolute Gasteiger partial charge is 0.100 e. The molecule has 0 bridgehead atoms. The van der Waals surface area contributed by atoms with Crippen LogP contribution in [0.25, 0.3) is 0 Å². The highest BCUT2D eigenvalue weighted by molar-refractivity contribution is 4.77. The van der Waals surface area contributed by atoms with Crippen molar-refractivity contribution in [2.75, 3.05) is 0 Å². The summed E-state index contributed by atoms with van der Waals surface area (Å²) in [5.74, 6) is 0.462. The van der Waals surface area contributed by atoms with Crippen molar-refractivity contribution in [1.29, 1.82) is 0 Å². The van der Waals surface area contributed by atoms with Crippen molar-refractivity contribution in [2.24, 2.45) is 5.92 Å². The lowest BCUT2D eigenvalue weighted by atomic mass is 9.84. The molecule has 1 unspecified atom stereocenters. The quantitative estimate of drug-likeness (QED) is 0.373. The van der Waals surface area contributed by atoms with Gasteiger partial charge in [-0.1, -0.05) is 39.5 Å². The van der Waals surface area contributed by atoms with Crippen molar-refractivity contribution < 1.29 is 10.1 Å². The molecule has 0 fully saturated rings. The second-order valence-corrected chi connectivity index (χ2v) is 4.30. The summed E-state index contributed by atoms with van der Waals surface area (Å²) in [6.07, 6.45) is 5.98. The second kappa shape index (κ2) is 6.39. The van der Waals surface area contributed by atoms with Crippen LogP contribution in [0.15, 0.2) is 0 Å². The number of hydrogen-bond acceptors (Lipinski definition) is 2. The Kier molecular flexibility index (Phi) is 6.35. The van der Waals surface area contributed by atoms with Crippen LogP contribution in [-0.4, -0.2) is 10.9 Å². The minimum Gasteiger partial charge on any atom is -0.251 e. The van der Waals surface area contributed by atoms with Crippen molar-refractivity contribution in [3.05, 3.63) is 0 Å². The molecular weight excluding hydrogens is 164 g/mol. The van der Waals surface area contributed by atoms with Crippen LogP contribution in [0.4, 0.5) is 0 Å². The highest BCUT2D eigenvalue weighted by atomic mass is 17.1. The molecule has 0 saturated carbocycles. The zero-order chi connectivity index (χ0) is 10.3. The first-order valence-corrected chi connectivity index (χ1v) is 5.41. The maximum atomic E-state index is 8.75. The molecule has 0 aromatic heterocycles. The highest BCUT2D eigenvalue weighted by Crippen LogP contribution is 2.28. The molecule has 0 aliphatic rings. The molecule has 80 valence electrons. The van der Waals surface area contributed by atoms with E-state index in [-0.39, 0.29) is 5.60 Å². The number of rotatable bonds is 7. The van der Waals surface area contributed by atoms with Gasteiger partial charge in [-0.3, -0.25) is 5.26 Å². The van der Waals surface area contributed by atoms with Crippen LogP contribution in [-0.2, 0) is 4.89 Å². The van der Waals surface area contributed by atoms with Crippen LogP contribution in [0.2, 0.25) is 0 Å². The van der Waals surface area contributed by atoms with Crippen LogP contribution in [0, 0.1) is 5.92 Å². The standard InChI is InChI=1S/C11H24O2/c1-5-7-8-9-10(6-2)11(3,4)13-12/h10,12H,5-9H2,1-4H3. The van der Waals surface area contributed by atoms with Crippen LogP contribution < -0.4 is 0 Å². The third kappa shape index (κ3) is 4.63. The average molecular weight is 188 g/mol. The van der Waals surface area contributed by atoms with E-state index in [0.29, 0.717) is 5.92 Å². The predicted molar refractivity (Wildman–Crippen MR) is 55.7 cm³/mol. The van der Waals surface area contributed by atoms with E-state index in [1.807, 2.05) is 13.8 Å². The molecule has 2 heteroatoms. The van der Waals surface area contributed by atoms with E-state index >= 15 is 0 Å². The fraction of sp³-hybridized carbons (Fsp3) is 1.00. The van der Waals surface area contributed by atoms with Gasteiger partial charge in [0, 0.05) is 0 Å². The monoisotopic (exact) mass is 188 g/mol. The van der Waals surface area contributed by atoms with Gasteiger partial charge in [0.05, 0.1) is 0 Å². The van der Waals surface area contributed by atoms with E-state index in [2.05, 4.69) is 18.7 Å². The van der Waals surface area contributed by atoms with Crippen LogP contribution in [0.3, 0.4) is 0 Å². The largest absolute Gasteiger partial charge is 0.251 e. The number of hydrogen-bond donors (Lipinski definition) is 1. The fourth-order valence-corrected chi connectivity index (χ4v) is 1.76. The zero-order valence-electron chi connectivity index (χ0n) is 9.47. The first-order valence-electron chi connectivity index (χ1n) is 5.41. The van der Waals surface area contributed by atoms with Crippen LogP contribution in [0.1, 0.15) is 59.8 Å². The summed E-state index contributed by atoms with van der Waals surface area (Å²) in [4.78, 5) is 4.52. The van der Waals surface area contributed by atoms with Gasteiger partial charge in [-0.25, -0.2) is 4.89 Å². The van der Waals surface area contributed by atoms with Gasteiger partial charge in [0.2, 0.25) is 0 Å². The number of unbranched alkanes of at least 4 members (excludes halogenated alkanes) is 2. The summed E-state index contributed by atoms with van der Waals surface area (Å²) < 4.78 is 0. The molecule has 1 atom stereocenters. The maximum absolute atomic E-state index is 8.75. The molecule has 0 amide bonds. The van der Waals surface area contributed by atoms with Crippen molar-refractivity contribution >= 4 is 0 Å². The van der Waals surface area contributed by atoms with Gasteiger partial charge in [0.1, 0.15) is 5.60 Å². The van der Waals surface area contributed by atoms with Gasteiger partial charge >= 0.3 is 0 Å². The molecule has 0 radical (unpaired) electrons. The SMILES string of the molecule is CCCCCC(CC)C(C)(C)OO. The van der Waals surface area contributed by atoms with Gasteiger partial charge in [0.25, 0.3) is 0 Å². The van der Waals surface area contributed by atoms with E-state index in [9.17, 15) is 0 Å². The molecule has 0 rings (SSSR count). The van der Waals surface area contributed by atoms with Gasteiger partial charge in [-0.05, 0) is 26.2 Å². The van der Waals surface area contributed by atoms with Crippen molar-refractivity contribution in [1.82, 2.24) is 0 Å². The third-order valence-electron chi connectivity index (χ3n) is 2.87. The lowest BCUT2D eigenvalue weighted by Crippen LogP contribution is -2.33. The van der Waals surface area contributed by atoms with E-state index in [4.69, 9.17) is 5.26 Å². The molecule has 0 aliphatic carbocycles. The second-order valence-electron chi connectivity index (χ2n) is 4.30. The summed E-state index contributed by atoms with van der Waals surface area (Å²) >= 11 is 0. The van der Waals surface area contributed by atoms with Crippen LogP contribution >= 0.6 is 0 Å². The molecule has 1 N–H and O–H groups in total. The first-order chi connectivity index (χ1) is 6.08. The average Bonchev–Trinajstić information content (AvgIpc) is 2.12. The summed E-state index contributed by atoms with van der Waals surface area (Å²) in [5, 5.41) is 8.75. The van der Waals surface area contributed by atoms with Gasteiger partial charge in [-0.2, -0.15) is 0 Å². The Morgan fingerprint density at radius 3 is 2.23 bits per heavy atom. The third-order valence-corrected chi connectivity index (χ3v) is 2.87. The summed E-state index contributed by atoms with van der Waals surface area (Å²) in [6, 6.07) is 0. The minimum atomic E-state index is -0.386. The van der Waals surface area contributed by atoms with Gasteiger partial charge in [0.15, 0.2) is 0 Å². The first kappa shape index (κ1) is 12.9. The molecule has 2 nitrogen and oxygen atoms in total. The summed E-state index contributed by atoms with van der Waals surface area (Å²) in [5.41, 5.74) is -0.386. The highest BCUT2D eigenvalue weighted by Gasteiger charge is 2.28. The van der Waals surface area contributed by atoms with Crippen molar-refractivity contribution in [3.8, 4) is 0 Å². The maximum Gasteiger partial charge on any atom is 0.100 e. The Hall–Kier alpha value is -0.0800. The van der Waals surface area contributed by atoms with E-state index in [1.165, 1.54) is 19.3 Å². The Labute approximate surface area is 82.2 Å². The molecule has 0 spiro atoms. The Balaban J connectivity index is 3.87. The molecule has 0 aromatic rings. The lowest BCUT2D eigenvalue weighted by Gasteiger charge is -2.30. The van der Waals surface area contributed by atoms with E-state index < -0.39 is 0 Å². The van der Waals surface area contributed by atoms with Crippen molar-refractivity contribution in [3.63, 3.8) is 0 Å². The molecule has 0 aliphatic heterocycles. The molecule has 0 saturated heterocycles. The molecule has 0 aromatic carbocycles. The Morgan fingerprint density at radius 2 is 1.85 bits per heavy atom. The summed E-state index contributed by atoms with van der Waals surface area (Å²) in [6.45, 7) is 8.26. The lowest BCUT2D eigenvalue weighted by molar-refractivity contribution is -0.327. The Bertz CT molecular complexity index is 121.